The van der Waals surface area contributed by atoms with Crippen molar-refractivity contribution < 1.29 is 4.74 Å². The summed E-state index contributed by atoms with van der Waals surface area (Å²) in [5, 5.41) is 0. The summed E-state index contributed by atoms with van der Waals surface area (Å²) in [7, 11) is 0. The van der Waals surface area contributed by atoms with E-state index in [1.807, 2.05) is 18.2 Å². The van der Waals surface area contributed by atoms with Gasteiger partial charge in [0.1, 0.15) is 6.10 Å². The fourth-order valence-electron chi connectivity index (χ4n) is 4.08. The Morgan fingerprint density at radius 1 is 0.750 bits per heavy atom. The molecule has 3 aromatic carbocycles. The lowest BCUT2D eigenvalue weighted by molar-refractivity contribution is 0.0468. The molecule has 2 N–H and O–H groups in total. The van der Waals surface area contributed by atoms with Gasteiger partial charge in [-0.2, -0.15) is 0 Å². The predicted molar refractivity (Wildman–Crippen MR) is 133 cm³/mol. The lowest BCUT2D eigenvalue weighted by Gasteiger charge is -2.34. The Labute approximate surface area is 191 Å². The Morgan fingerprint density at radius 3 is 2.03 bits per heavy atom. The van der Waals surface area contributed by atoms with E-state index in [9.17, 15) is 0 Å². The number of ether oxygens (including phenoxy) is 1. The van der Waals surface area contributed by atoms with E-state index in [0.29, 0.717) is 6.61 Å². The van der Waals surface area contributed by atoms with E-state index in [0.717, 1.165) is 50.5 Å². The van der Waals surface area contributed by atoms with Crippen LogP contribution in [-0.2, 0) is 4.74 Å². The summed E-state index contributed by atoms with van der Waals surface area (Å²) in [6, 6.07) is 28.9. The number of hydrogen-bond acceptors (Lipinski definition) is 4. The summed E-state index contributed by atoms with van der Waals surface area (Å²) in [4.78, 5) is 5.01. The Morgan fingerprint density at radius 2 is 1.34 bits per heavy atom. The topological polar surface area (TPSA) is 41.7 Å². The molecule has 1 fully saturated rings. The molecule has 0 bridgehead atoms. The number of benzene rings is 3. The first kappa shape index (κ1) is 22.3. The van der Waals surface area contributed by atoms with Crippen LogP contribution in [-0.4, -0.2) is 55.7 Å². The van der Waals surface area contributed by atoms with Crippen molar-refractivity contribution in [1.29, 1.82) is 0 Å². The summed E-state index contributed by atoms with van der Waals surface area (Å²) < 4.78 is 6.39. The molecular weight excluding hydrogens is 394 g/mol. The minimum absolute atomic E-state index is 0.0683. The van der Waals surface area contributed by atoms with Crippen LogP contribution in [0.1, 0.15) is 22.8 Å². The van der Waals surface area contributed by atoms with Crippen LogP contribution in [0.5, 0.6) is 0 Å². The van der Waals surface area contributed by atoms with Crippen LogP contribution in [0.25, 0.3) is 6.08 Å². The Balaban J connectivity index is 1.23. The lowest BCUT2D eigenvalue weighted by Crippen LogP contribution is -2.47. The molecule has 4 nitrogen and oxygen atoms in total. The average molecular weight is 428 g/mol. The quantitative estimate of drug-likeness (QED) is 0.503. The fraction of sp³-hybridized carbons (Fsp3) is 0.286. The third-order valence-electron chi connectivity index (χ3n) is 5.97. The van der Waals surface area contributed by atoms with Gasteiger partial charge in [-0.1, -0.05) is 84.9 Å². The van der Waals surface area contributed by atoms with Crippen molar-refractivity contribution in [1.82, 2.24) is 9.80 Å². The highest BCUT2D eigenvalue weighted by Crippen LogP contribution is 2.26. The second-order valence-electron chi connectivity index (χ2n) is 8.28. The third kappa shape index (κ3) is 6.54. The molecule has 166 valence electrons. The molecule has 0 saturated carbocycles. The summed E-state index contributed by atoms with van der Waals surface area (Å²) >= 11 is 0. The predicted octanol–water partition coefficient (Wildman–Crippen LogP) is 4.71. The van der Waals surface area contributed by atoms with Crippen molar-refractivity contribution in [3.63, 3.8) is 0 Å². The SMILES string of the molecule is Nc1ccc(C(OCCN2CCN(C/C=C/c3ccccc3)CC2)c2ccccc2)cc1. The molecule has 1 atom stereocenters. The van der Waals surface area contributed by atoms with Crippen molar-refractivity contribution in [2.75, 3.05) is 51.6 Å². The second kappa shape index (κ2) is 11.6. The highest BCUT2D eigenvalue weighted by Gasteiger charge is 2.18. The molecule has 1 unspecified atom stereocenters. The second-order valence-corrected chi connectivity index (χ2v) is 8.28. The minimum Gasteiger partial charge on any atom is -0.399 e. The summed E-state index contributed by atoms with van der Waals surface area (Å²) in [5.74, 6) is 0. The van der Waals surface area contributed by atoms with Gasteiger partial charge in [-0.15, -0.1) is 0 Å². The van der Waals surface area contributed by atoms with Gasteiger partial charge in [0.25, 0.3) is 0 Å². The number of piperazine rings is 1. The zero-order valence-electron chi connectivity index (χ0n) is 18.6. The normalized spacial score (nSPS) is 16.4. The molecular formula is C28H33N3O. The van der Waals surface area contributed by atoms with Crippen LogP contribution in [0.4, 0.5) is 5.69 Å². The summed E-state index contributed by atoms with van der Waals surface area (Å²) in [5.41, 5.74) is 10.2. The van der Waals surface area contributed by atoms with E-state index in [1.165, 1.54) is 11.1 Å². The van der Waals surface area contributed by atoms with Crippen molar-refractivity contribution in [2.45, 2.75) is 6.10 Å². The zero-order valence-corrected chi connectivity index (χ0v) is 18.6. The Hall–Kier alpha value is -2.92. The smallest absolute Gasteiger partial charge is 0.108 e. The third-order valence-corrected chi connectivity index (χ3v) is 5.97. The average Bonchev–Trinajstić information content (AvgIpc) is 2.85. The van der Waals surface area contributed by atoms with Crippen LogP contribution in [0.3, 0.4) is 0 Å². The first-order valence-corrected chi connectivity index (χ1v) is 11.5. The molecule has 0 amide bonds. The first-order chi connectivity index (χ1) is 15.8. The fourth-order valence-corrected chi connectivity index (χ4v) is 4.08. The maximum atomic E-state index is 6.39. The van der Waals surface area contributed by atoms with E-state index in [4.69, 9.17) is 10.5 Å². The highest BCUT2D eigenvalue weighted by molar-refractivity contribution is 5.48. The van der Waals surface area contributed by atoms with Gasteiger partial charge in [0.05, 0.1) is 6.61 Å². The lowest BCUT2D eigenvalue weighted by atomic mass is 10.0. The Kier molecular flexibility index (Phi) is 8.10. The van der Waals surface area contributed by atoms with E-state index in [-0.39, 0.29) is 6.10 Å². The molecule has 3 aromatic rings. The van der Waals surface area contributed by atoms with Crippen molar-refractivity contribution in [3.05, 3.63) is 108 Å². The summed E-state index contributed by atoms with van der Waals surface area (Å²) in [6.07, 6.45) is 4.41. The van der Waals surface area contributed by atoms with Crippen LogP contribution in [0, 0.1) is 0 Å². The zero-order chi connectivity index (χ0) is 22.0. The number of hydrogen-bond donors (Lipinski definition) is 1. The molecule has 1 heterocycles. The molecule has 32 heavy (non-hydrogen) atoms. The number of nitrogens with two attached hydrogens (primary N) is 1. The van der Waals surface area contributed by atoms with Gasteiger partial charge in [-0.3, -0.25) is 9.80 Å². The number of anilines is 1. The van der Waals surface area contributed by atoms with Gasteiger partial charge in [0.2, 0.25) is 0 Å². The van der Waals surface area contributed by atoms with E-state index < -0.39 is 0 Å². The number of rotatable bonds is 9. The van der Waals surface area contributed by atoms with Crippen LogP contribution in [0.2, 0.25) is 0 Å². The van der Waals surface area contributed by atoms with Gasteiger partial charge < -0.3 is 10.5 Å². The molecule has 4 heteroatoms. The Bertz CT molecular complexity index is 949. The van der Waals surface area contributed by atoms with Crippen molar-refractivity contribution in [3.8, 4) is 0 Å². The monoisotopic (exact) mass is 427 g/mol. The van der Waals surface area contributed by atoms with Crippen LogP contribution >= 0.6 is 0 Å². The van der Waals surface area contributed by atoms with Gasteiger partial charge in [0, 0.05) is 45.0 Å². The summed E-state index contributed by atoms with van der Waals surface area (Å²) in [6.45, 7) is 7.02. The molecule has 1 aliphatic rings. The largest absolute Gasteiger partial charge is 0.399 e. The molecule has 0 radical (unpaired) electrons. The molecule has 1 saturated heterocycles. The number of nitrogens with zero attached hydrogens (tertiary/aromatic N) is 2. The molecule has 0 aromatic heterocycles. The van der Waals surface area contributed by atoms with E-state index in [2.05, 4.69) is 88.7 Å². The highest BCUT2D eigenvalue weighted by atomic mass is 16.5. The van der Waals surface area contributed by atoms with Crippen molar-refractivity contribution in [2.24, 2.45) is 0 Å². The number of nitrogen functional groups attached to an aromatic ring is 1. The van der Waals surface area contributed by atoms with Gasteiger partial charge in [0.15, 0.2) is 0 Å². The van der Waals surface area contributed by atoms with Gasteiger partial charge in [-0.05, 0) is 28.8 Å². The van der Waals surface area contributed by atoms with E-state index in [1.54, 1.807) is 0 Å². The minimum atomic E-state index is -0.0683. The maximum Gasteiger partial charge on any atom is 0.108 e. The van der Waals surface area contributed by atoms with Gasteiger partial charge in [-0.25, -0.2) is 0 Å². The molecule has 1 aliphatic heterocycles. The van der Waals surface area contributed by atoms with Crippen LogP contribution in [0.15, 0.2) is 91.0 Å². The first-order valence-electron chi connectivity index (χ1n) is 11.5. The molecule has 0 spiro atoms. The van der Waals surface area contributed by atoms with Gasteiger partial charge >= 0.3 is 0 Å². The standard InChI is InChI=1S/C28H33N3O/c29-27-15-13-26(14-16-27)28(25-11-5-2-6-12-25)32-23-22-31-20-18-30(19-21-31)17-7-10-24-8-3-1-4-9-24/h1-16,28H,17-23,29H2/b10-7+. The van der Waals surface area contributed by atoms with E-state index >= 15 is 0 Å². The molecule has 0 aliphatic carbocycles. The van der Waals surface area contributed by atoms with Crippen molar-refractivity contribution >= 4 is 11.8 Å². The van der Waals surface area contributed by atoms with Crippen LogP contribution < -0.4 is 5.73 Å². The molecule has 4 rings (SSSR count). The maximum absolute atomic E-state index is 6.39.